The first-order chi connectivity index (χ1) is 13.0. The SMILES string of the molecule is O=C(O)c1ccc(NC(=O)C(c2ccccc2)N2CCCCC2=O)c(F)c1. The fourth-order valence-electron chi connectivity index (χ4n) is 3.16. The zero-order chi connectivity index (χ0) is 19.4. The maximum absolute atomic E-state index is 14.2. The van der Waals surface area contributed by atoms with Crippen LogP contribution in [0.2, 0.25) is 0 Å². The lowest BCUT2D eigenvalue weighted by molar-refractivity contribution is -0.141. The van der Waals surface area contributed by atoms with Crippen molar-refractivity contribution >= 4 is 23.5 Å². The van der Waals surface area contributed by atoms with Gasteiger partial charge in [0.1, 0.15) is 11.9 Å². The highest BCUT2D eigenvalue weighted by atomic mass is 19.1. The number of nitrogens with one attached hydrogen (secondary N) is 1. The molecule has 3 rings (SSSR count). The second-order valence-electron chi connectivity index (χ2n) is 6.35. The standard InChI is InChI=1S/C20H19FN2O4/c21-15-12-14(20(26)27)9-10-16(15)22-19(25)18(13-6-2-1-3-7-13)23-11-5-4-8-17(23)24/h1-3,6-7,9-10,12,18H,4-5,8,11H2,(H,22,25)(H,26,27). The molecule has 1 aliphatic rings. The third kappa shape index (κ3) is 4.13. The van der Waals surface area contributed by atoms with E-state index < -0.39 is 23.7 Å². The summed E-state index contributed by atoms with van der Waals surface area (Å²) in [6.45, 7) is 0.451. The molecule has 0 saturated carbocycles. The molecule has 0 aromatic heterocycles. The fraction of sp³-hybridized carbons (Fsp3) is 0.250. The van der Waals surface area contributed by atoms with Crippen LogP contribution in [0, 0.1) is 5.82 Å². The zero-order valence-electron chi connectivity index (χ0n) is 14.5. The molecule has 0 spiro atoms. The van der Waals surface area contributed by atoms with Crippen molar-refractivity contribution in [2.45, 2.75) is 25.3 Å². The Morgan fingerprint density at radius 2 is 1.85 bits per heavy atom. The number of aromatic carboxylic acids is 1. The Labute approximate surface area is 155 Å². The summed E-state index contributed by atoms with van der Waals surface area (Å²) in [4.78, 5) is 37.7. The highest BCUT2D eigenvalue weighted by Gasteiger charge is 2.33. The van der Waals surface area contributed by atoms with E-state index in [1.807, 2.05) is 0 Å². The number of rotatable bonds is 5. The van der Waals surface area contributed by atoms with Gasteiger partial charge in [-0.2, -0.15) is 0 Å². The number of halogens is 1. The molecule has 0 bridgehead atoms. The van der Waals surface area contributed by atoms with Crippen LogP contribution in [0.3, 0.4) is 0 Å². The average molecular weight is 370 g/mol. The van der Waals surface area contributed by atoms with Crippen molar-refractivity contribution in [1.29, 1.82) is 0 Å². The molecule has 1 aliphatic heterocycles. The molecule has 0 radical (unpaired) electrons. The topological polar surface area (TPSA) is 86.7 Å². The molecule has 1 fully saturated rings. The molecule has 1 unspecified atom stereocenters. The van der Waals surface area contributed by atoms with E-state index in [2.05, 4.69) is 5.32 Å². The Morgan fingerprint density at radius 1 is 1.11 bits per heavy atom. The summed E-state index contributed by atoms with van der Waals surface area (Å²) in [6, 6.07) is 11.2. The number of likely N-dealkylation sites (tertiary alicyclic amines) is 1. The van der Waals surface area contributed by atoms with Crippen molar-refractivity contribution in [3.8, 4) is 0 Å². The van der Waals surface area contributed by atoms with E-state index in [9.17, 15) is 18.8 Å². The number of hydrogen-bond acceptors (Lipinski definition) is 3. The summed E-state index contributed by atoms with van der Waals surface area (Å²) >= 11 is 0. The molecule has 1 saturated heterocycles. The van der Waals surface area contributed by atoms with Gasteiger partial charge in [-0.25, -0.2) is 9.18 Å². The maximum Gasteiger partial charge on any atom is 0.335 e. The first kappa shape index (κ1) is 18.6. The average Bonchev–Trinajstić information content (AvgIpc) is 2.66. The largest absolute Gasteiger partial charge is 0.478 e. The molecule has 2 N–H and O–H groups in total. The van der Waals surface area contributed by atoms with Crippen LogP contribution in [-0.2, 0) is 9.59 Å². The van der Waals surface area contributed by atoms with Gasteiger partial charge >= 0.3 is 5.97 Å². The molecule has 6 nitrogen and oxygen atoms in total. The fourth-order valence-corrected chi connectivity index (χ4v) is 3.16. The predicted octanol–water partition coefficient (Wildman–Crippen LogP) is 3.22. The Balaban J connectivity index is 1.89. The first-order valence-corrected chi connectivity index (χ1v) is 8.65. The number of carbonyl (C=O) groups is 3. The summed E-state index contributed by atoms with van der Waals surface area (Å²) < 4.78 is 14.2. The van der Waals surface area contributed by atoms with Crippen LogP contribution in [-0.4, -0.2) is 34.3 Å². The molecule has 2 amide bonds. The van der Waals surface area contributed by atoms with E-state index >= 15 is 0 Å². The number of nitrogens with zero attached hydrogens (tertiary/aromatic N) is 1. The van der Waals surface area contributed by atoms with Crippen LogP contribution in [0.15, 0.2) is 48.5 Å². The molecule has 1 heterocycles. The van der Waals surface area contributed by atoms with Gasteiger partial charge in [-0.05, 0) is 36.6 Å². The molecule has 0 aliphatic carbocycles. The number of carboxylic acid groups (broad SMARTS) is 1. The van der Waals surface area contributed by atoms with Gasteiger partial charge in [0.15, 0.2) is 0 Å². The molecular formula is C20H19FN2O4. The highest BCUT2D eigenvalue weighted by Crippen LogP contribution is 2.27. The third-order valence-corrected chi connectivity index (χ3v) is 4.51. The Hall–Kier alpha value is -3.22. The van der Waals surface area contributed by atoms with Crippen LogP contribution in [0.25, 0.3) is 0 Å². The summed E-state index contributed by atoms with van der Waals surface area (Å²) in [7, 11) is 0. The number of anilines is 1. The Bertz CT molecular complexity index is 870. The summed E-state index contributed by atoms with van der Waals surface area (Å²) in [5.41, 5.74) is 0.291. The summed E-state index contributed by atoms with van der Waals surface area (Å²) in [5.74, 6) is -2.77. The molecule has 27 heavy (non-hydrogen) atoms. The van der Waals surface area contributed by atoms with E-state index in [4.69, 9.17) is 5.11 Å². The molecule has 140 valence electrons. The Kier molecular flexibility index (Phi) is 5.49. The molecule has 1 atom stereocenters. The van der Waals surface area contributed by atoms with Crippen LogP contribution < -0.4 is 5.32 Å². The predicted molar refractivity (Wildman–Crippen MR) is 96.7 cm³/mol. The van der Waals surface area contributed by atoms with Crippen molar-refractivity contribution in [2.75, 3.05) is 11.9 Å². The molecule has 2 aromatic rings. The van der Waals surface area contributed by atoms with E-state index in [0.29, 0.717) is 18.5 Å². The number of benzene rings is 2. The van der Waals surface area contributed by atoms with E-state index in [1.54, 1.807) is 30.3 Å². The summed E-state index contributed by atoms with van der Waals surface area (Å²) in [6.07, 6.45) is 1.95. The molecular weight excluding hydrogens is 351 g/mol. The zero-order valence-corrected chi connectivity index (χ0v) is 14.5. The monoisotopic (exact) mass is 370 g/mol. The van der Waals surface area contributed by atoms with E-state index in [1.165, 1.54) is 17.0 Å². The normalized spacial score (nSPS) is 15.3. The van der Waals surface area contributed by atoms with Gasteiger partial charge in [-0.3, -0.25) is 9.59 Å². The van der Waals surface area contributed by atoms with Gasteiger partial charge in [0.25, 0.3) is 5.91 Å². The van der Waals surface area contributed by atoms with E-state index in [-0.39, 0.29) is 17.2 Å². The number of amides is 2. The highest BCUT2D eigenvalue weighted by molar-refractivity contribution is 5.98. The molecule has 2 aromatic carbocycles. The van der Waals surface area contributed by atoms with Gasteiger partial charge in [0.2, 0.25) is 5.91 Å². The van der Waals surface area contributed by atoms with Crippen LogP contribution in [0.1, 0.15) is 41.2 Å². The van der Waals surface area contributed by atoms with Gasteiger partial charge in [0.05, 0.1) is 11.3 Å². The lowest BCUT2D eigenvalue weighted by atomic mass is 10.0. The maximum atomic E-state index is 14.2. The van der Waals surface area contributed by atoms with Crippen LogP contribution in [0.5, 0.6) is 0 Å². The minimum Gasteiger partial charge on any atom is -0.478 e. The third-order valence-electron chi connectivity index (χ3n) is 4.51. The minimum atomic E-state index is -1.26. The van der Waals surface area contributed by atoms with Crippen LogP contribution in [0.4, 0.5) is 10.1 Å². The van der Waals surface area contributed by atoms with Crippen LogP contribution >= 0.6 is 0 Å². The lowest BCUT2D eigenvalue weighted by Crippen LogP contribution is -2.43. The van der Waals surface area contributed by atoms with Gasteiger partial charge in [0, 0.05) is 13.0 Å². The van der Waals surface area contributed by atoms with Crippen molar-refractivity contribution < 1.29 is 23.9 Å². The van der Waals surface area contributed by atoms with Crippen molar-refractivity contribution in [1.82, 2.24) is 4.90 Å². The number of piperidine rings is 1. The smallest absolute Gasteiger partial charge is 0.335 e. The molecule has 7 heteroatoms. The van der Waals surface area contributed by atoms with Crippen molar-refractivity contribution in [3.05, 3.63) is 65.5 Å². The number of hydrogen-bond donors (Lipinski definition) is 2. The first-order valence-electron chi connectivity index (χ1n) is 8.65. The second-order valence-corrected chi connectivity index (χ2v) is 6.35. The second kappa shape index (κ2) is 7.99. The van der Waals surface area contributed by atoms with Gasteiger partial charge in [-0.15, -0.1) is 0 Å². The van der Waals surface area contributed by atoms with Gasteiger partial charge < -0.3 is 15.3 Å². The minimum absolute atomic E-state index is 0.119. The summed E-state index contributed by atoms with van der Waals surface area (Å²) in [5, 5.41) is 11.4. The lowest BCUT2D eigenvalue weighted by Gasteiger charge is -2.34. The van der Waals surface area contributed by atoms with Gasteiger partial charge in [-0.1, -0.05) is 30.3 Å². The quantitative estimate of drug-likeness (QED) is 0.846. The Morgan fingerprint density at radius 3 is 2.48 bits per heavy atom. The number of carboxylic acids is 1. The van der Waals surface area contributed by atoms with Crippen molar-refractivity contribution in [3.63, 3.8) is 0 Å². The van der Waals surface area contributed by atoms with E-state index in [0.717, 1.165) is 18.9 Å². The number of carbonyl (C=O) groups excluding carboxylic acids is 2. The van der Waals surface area contributed by atoms with Crippen molar-refractivity contribution in [2.24, 2.45) is 0 Å².